The first-order valence-electron chi connectivity index (χ1n) is 16.0. The zero-order valence-electron chi connectivity index (χ0n) is 25.6. The number of rotatable bonds is 6. The molecule has 0 bridgehead atoms. The SMILES string of the molecule is O=C(O)C(F)(F)F.O=C1CCC(N2Cc3c(ccc(N4CCC(CN5CCC(OC6CCNCC6)CC5)CC4)c3F)C2=O)C(=O)N1. The van der Waals surface area contributed by atoms with E-state index in [-0.39, 0.29) is 37.0 Å². The van der Waals surface area contributed by atoms with E-state index in [1.54, 1.807) is 12.1 Å². The second kappa shape index (κ2) is 14.6. The first-order valence-corrected chi connectivity index (χ1v) is 16.0. The van der Waals surface area contributed by atoms with Crippen LogP contribution in [0.25, 0.3) is 0 Å². The van der Waals surface area contributed by atoms with Crippen LogP contribution in [0.5, 0.6) is 0 Å². The van der Waals surface area contributed by atoms with E-state index in [2.05, 4.69) is 20.4 Å². The average molecular weight is 656 g/mol. The molecule has 0 spiro atoms. The number of carbonyl (C=O) groups excluding carboxylic acids is 3. The van der Waals surface area contributed by atoms with Gasteiger partial charge in [0.05, 0.1) is 24.4 Å². The average Bonchev–Trinajstić information content (AvgIpc) is 3.36. The molecule has 11 nitrogen and oxygen atoms in total. The van der Waals surface area contributed by atoms with Gasteiger partial charge < -0.3 is 29.9 Å². The highest BCUT2D eigenvalue weighted by atomic mass is 19.4. The van der Waals surface area contributed by atoms with Gasteiger partial charge in [0.25, 0.3) is 5.91 Å². The minimum absolute atomic E-state index is 0.0634. The molecule has 1 atom stereocenters. The Hall–Kier alpha value is -3.30. The van der Waals surface area contributed by atoms with Crippen molar-refractivity contribution in [3.05, 3.63) is 29.1 Å². The number of carboxylic acids is 1. The predicted molar refractivity (Wildman–Crippen MR) is 158 cm³/mol. The molecule has 1 unspecified atom stereocenters. The molecule has 254 valence electrons. The number of hydrogen-bond donors (Lipinski definition) is 3. The molecule has 5 heterocycles. The Morgan fingerprint density at radius 1 is 0.935 bits per heavy atom. The number of imide groups is 1. The van der Waals surface area contributed by atoms with E-state index in [4.69, 9.17) is 14.6 Å². The Morgan fingerprint density at radius 2 is 1.57 bits per heavy atom. The second-order valence-corrected chi connectivity index (χ2v) is 12.6. The molecule has 15 heteroatoms. The van der Waals surface area contributed by atoms with Gasteiger partial charge in [-0.05, 0) is 76.1 Å². The third-order valence-electron chi connectivity index (χ3n) is 9.55. The highest BCUT2D eigenvalue weighted by molar-refractivity contribution is 6.05. The number of nitrogens with zero attached hydrogens (tertiary/aromatic N) is 3. The van der Waals surface area contributed by atoms with Gasteiger partial charge in [0, 0.05) is 50.3 Å². The number of ether oxygens (including phenoxy) is 1. The van der Waals surface area contributed by atoms with Crippen LogP contribution in [0.15, 0.2) is 12.1 Å². The quantitative estimate of drug-likeness (QED) is 0.313. The van der Waals surface area contributed by atoms with Gasteiger partial charge in [-0.2, -0.15) is 13.2 Å². The molecule has 0 aromatic heterocycles. The number of benzene rings is 1. The summed E-state index contributed by atoms with van der Waals surface area (Å²) in [7, 11) is 0. The molecule has 0 radical (unpaired) electrons. The molecule has 5 aliphatic rings. The van der Waals surface area contributed by atoms with Gasteiger partial charge in [-0.3, -0.25) is 19.7 Å². The Morgan fingerprint density at radius 3 is 2.17 bits per heavy atom. The Balaban J connectivity index is 0.000000537. The highest BCUT2D eigenvalue weighted by Gasteiger charge is 2.41. The third kappa shape index (κ3) is 8.15. The number of halogens is 4. The van der Waals surface area contributed by atoms with E-state index in [1.165, 1.54) is 4.90 Å². The number of alkyl halides is 3. The van der Waals surface area contributed by atoms with Gasteiger partial charge in [-0.1, -0.05) is 0 Å². The maximum atomic E-state index is 15.7. The smallest absolute Gasteiger partial charge is 0.475 e. The largest absolute Gasteiger partial charge is 0.490 e. The number of hydrogen-bond acceptors (Lipinski definition) is 8. The summed E-state index contributed by atoms with van der Waals surface area (Å²) in [6, 6.07) is 2.68. The molecule has 0 aliphatic carbocycles. The van der Waals surface area contributed by atoms with Crippen molar-refractivity contribution in [2.45, 2.75) is 82.3 Å². The van der Waals surface area contributed by atoms with Crippen molar-refractivity contribution in [1.29, 1.82) is 0 Å². The van der Waals surface area contributed by atoms with Crippen molar-refractivity contribution >= 4 is 29.4 Å². The third-order valence-corrected chi connectivity index (χ3v) is 9.55. The first-order chi connectivity index (χ1) is 21.9. The summed E-state index contributed by atoms with van der Waals surface area (Å²) in [5.74, 6) is -3.66. The molecule has 5 aliphatic heterocycles. The van der Waals surface area contributed by atoms with Gasteiger partial charge in [-0.25, -0.2) is 9.18 Å². The predicted octanol–water partition coefficient (Wildman–Crippen LogP) is 2.67. The highest BCUT2D eigenvalue weighted by Crippen LogP contribution is 2.35. The zero-order valence-corrected chi connectivity index (χ0v) is 25.6. The number of amides is 3. The molecule has 3 N–H and O–H groups in total. The molecule has 46 heavy (non-hydrogen) atoms. The minimum Gasteiger partial charge on any atom is -0.475 e. The molecule has 4 saturated heterocycles. The number of aliphatic carboxylic acids is 1. The van der Waals surface area contributed by atoms with Crippen molar-refractivity contribution in [3.8, 4) is 0 Å². The monoisotopic (exact) mass is 655 g/mol. The molecular formula is C31H41F4N5O6. The molecule has 6 rings (SSSR count). The molecule has 3 amide bonds. The maximum absolute atomic E-state index is 15.7. The number of fused-ring (bicyclic) bond motifs is 1. The van der Waals surface area contributed by atoms with E-state index >= 15 is 4.39 Å². The van der Waals surface area contributed by atoms with Gasteiger partial charge in [0.15, 0.2) is 5.82 Å². The summed E-state index contributed by atoms with van der Waals surface area (Å²) in [5.41, 5.74) is 1.23. The topological polar surface area (TPSA) is 132 Å². The summed E-state index contributed by atoms with van der Waals surface area (Å²) in [6.07, 6.45) is 2.69. The van der Waals surface area contributed by atoms with Crippen molar-refractivity contribution in [1.82, 2.24) is 20.4 Å². The Bertz CT molecular complexity index is 1290. The minimum atomic E-state index is -5.08. The van der Waals surface area contributed by atoms with Crippen LogP contribution in [0.4, 0.5) is 23.2 Å². The van der Waals surface area contributed by atoms with Crippen LogP contribution in [0.2, 0.25) is 0 Å². The lowest BCUT2D eigenvalue weighted by Gasteiger charge is -2.39. The van der Waals surface area contributed by atoms with E-state index < -0.39 is 24.1 Å². The van der Waals surface area contributed by atoms with Gasteiger partial charge in [0.2, 0.25) is 11.8 Å². The van der Waals surface area contributed by atoms with E-state index in [0.717, 1.165) is 84.3 Å². The lowest BCUT2D eigenvalue weighted by Crippen LogP contribution is -2.52. The number of carbonyl (C=O) groups is 4. The fraction of sp³-hybridized carbons (Fsp3) is 0.677. The number of anilines is 1. The van der Waals surface area contributed by atoms with Crippen molar-refractivity contribution in [2.75, 3.05) is 50.7 Å². The number of piperidine rings is 4. The Labute approximate surface area is 264 Å². The lowest BCUT2D eigenvalue weighted by atomic mass is 9.94. The van der Waals surface area contributed by atoms with Gasteiger partial charge in [0.1, 0.15) is 6.04 Å². The van der Waals surface area contributed by atoms with Crippen molar-refractivity contribution < 1.29 is 46.6 Å². The van der Waals surface area contributed by atoms with Crippen LogP contribution in [0.1, 0.15) is 67.3 Å². The van der Waals surface area contributed by atoms with Crippen LogP contribution in [0, 0.1) is 11.7 Å². The summed E-state index contributed by atoms with van der Waals surface area (Å²) >= 11 is 0. The summed E-state index contributed by atoms with van der Waals surface area (Å²) < 4.78 is 53.8. The second-order valence-electron chi connectivity index (χ2n) is 12.6. The molecule has 1 aromatic carbocycles. The van der Waals surface area contributed by atoms with Crippen LogP contribution >= 0.6 is 0 Å². The van der Waals surface area contributed by atoms with Crippen molar-refractivity contribution in [2.24, 2.45) is 5.92 Å². The number of carboxylic acid groups (broad SMARTS) is 1. The Kier molecular flexibility index (Phi) is 10.8. The first kappa shape index (κ1) is 34.0. The molecule has 0 saturated carbocycles. The van der Waals surface area contributed by atoms with E-state index in [0.29, 0.717) is 34.9 Å². The van der Waals surface area contributed by atoms with E-state index in [1.807, 2.05) is 0 Å². The van der Waals surface area contributed by atoms with Gasteiger partial charge in [-0.15, -0.1) is 0 Å². The normalized spacial score (nSPS) is 24.0. The van der Waals surface area contributed by atoms with Crippen molar-refractivity contribution in [3.63, 3.8) is 0 Å². The standard InChI is InChI=1S/C29H40FN5O4.C2HF3O2/c30-27-23-18-35(25-3-4-26(36)32-28(25)37)29(38)22(23)1-2-24(27)34-15-7-19(8-16-34)17-33-13-9-21(10-14-33)39-20-5-11-31-12-6-20;3-2(4,5)1(6)7/h1-2,19-21,25,31H,3-18H2,(H,32,36,37);(H,6,7). The van der Waals surface area contributed by atoms with Gasteiger partial charge >= 0.3 is 12.1 Å². The zero-order chi connectivity index (χ0) is 33.0. The fourth-order valence-electron chi connectivity index (χ4n) is 6.99. The van der Waals surface area contributed by atoms with Crippen LogP contribution < -0.4 is 15.5 Å². The summed E-state index contributed by atoms with van der Waals surface area (Å²) in [5, 5.41) is 12.8. The van der Waals surface area contributed by atoms with E-state index in [9.17, 15) is 27.6 Å². The maximum Gasteiger partial charge on any atom is 0.490 e. The fourth-order valence-corrected chi connectivity index (χ4v) is 6.99. The van der Waals surface area contributed by atoms with Crippen LogP contribution in [-0.2, 0) is 25.7 Å². The summed E-state index contributed by atoms with van der Waals surface area (Å²) in [4.78, 5) is 51.8. The number of nitrogens with one attached hydrogen (secondary N) is 2. The molecular weight excluding hydrogens is 614 g/mol. The molecule has 4 fully saturated rings. The lowest BCUT2D eigenvalue weighted by molar-refractivity contribution is -0.192. The van der Waals surface area contributed by atoms with Crippen LogP contribution in [-0.4, -0.2) is 109 Å². The molecule has 1 aromatic rings. The number of likely N-dealkylation sites (tertiary alicyclic amines) is 1. The van der Waals surface area contributed by atoms with Crippen LogP contribution in [0.3, 0.4) is 0 Å². The summed E-state index contributed by atoms with van der Waals surface area (Å²) in [6.45, 7) is 7.05.